The van der Waals surface area contributed by atoms with E-state index in [1.54, 1.807) is 7.11 Å². The fraction of sp³-hybridized carbons (Fsp3) is 0.364. The third-order valence-electron chi connectivity index (χ3n) is 4.99. The van der Waals surface area contributed by atoms with Gasteiger partial charge in [-0.2, -0.15) is 0 Å². The maximum absolute atomic E-state index is 5.47. The number of fused-ring (bicyclic) bond motifs is 3. The number of hydrogen-bond donors (Lipinski definition) is 0. The Morgan fingerprint density at radius 2 is 2.12 bits per heavy atom. The topological polar surface area (TPSA) is 14.2 Å². The molecule has 2 nitrogen and oxygen atoms in total. The van der Waals surface area contributed by atoms with E-state index in [1.807, 2.05) is 6.08 Å². The molecule has 0 unspecified atom stereocenters. The van der Waals surface area contributed by atoms with Crippen LogP contribution in [0.15, 0.2) is 49.1 Å². The van der Waals surface area contributed by atoms with E-state index in [-0.39, 0.29) is 0 Å². The van der Waals surface area contributed by atoms with Crippen molar-refractivity contribution in [3.63, 3.8) is 0 Å². The summed E-state index contributed by atoms with van der Waals surface area (Å²) in [6.45, 7) is 9.79. The second-order valence-electron chi connectivity index (χ2n) is 7.19. The molecule has 2 aromatic rings. The molecule has 0 aliphatic heterocycles. The summed E-state index contributed by atoms with van der Waals surface area (Å²) in [5.74, 6) is 0.953. The van der Waals surface area contributed by atoms with Crippen LogP contribution in [0.4, 0.5) is 0 Å². The predicted molar refractivity (Wildman–Crippen MR) is 112 cm³/mol. The molecule has 0 fully saturated rings. The van der Waals surface area contributed by atoms with E-state index in [2.05, 4.69) is 60.7 Å². The van der Waals surface area contributed by atoms with E-state index in [4.69, 9.17) is 4.74 Å². The van der Waals surface area contributed by atoms with Crippen molar-refractivity contribution in [1.29, 1.82) is 0 Å². The van der Waals surface area contributed by atoms with Crippen LogP contribution in [-0.4, -0.2) is 20.5 Å². The van der Waals surface area contributed by atoms with Gasteiger partial charge in [-0.25, -0.2) is 0 Å². The molecule has 0 atom stereocenters. The van der Waals surface area contributed by atoms with E-state index in [0.29, 0.717) is 0 Å². The van der Waals surface area contributed by atoms with Gasteiger partial charge in [-0.1, -0.05) is 37.4 Å². The van der Waals surface area contributed by atoms with Gasteiger partial charge in [-0.3, -0.25) is 0 Å². The molecule has 1 aromatic carbocycles. The number of allylic oxidation sites excluding steroid dienone is 5. The second-order valence-corrected chi connectivity index (χ2v) is 10.6. The van der Waals surface area contributed by atoms with Crippen molar-refractivity contribution in [3.05, 3.63) is 60.3 Å². The van der Waals surface area contributed by atoms with Crippen LogP contribution < -0.4 is 4.74 Å². The summed E-state index contributed by atoms with van der Waals surface area (Å²) in [7, 11) is 1.17. The van der Waals surface area contributed by atoms with E-state index in [9.17, 15) is 0 Å². The van der Waals surface area contributed by atoms with Gasteiger partial charge < -0.3 is 9.30 Å². The SMILES string of the molecule is C=CCC=CC=C1CCc2c1n(CC[SiH](C)C)c1ccc(OC)cc21. The number of aromatic nitrogens is 1. The number of ether oxygens (including phenoxy) is 1. The molecule has 1 aliphatic rings. The molecule has 0 bridgehead atoms. The molecular formula is C22H29NOSi. The van der Waals surface area contributed by atoms with Crippen molar-refractivity contribution in [2.45, 2.75) is 44.9 Å². The Labute approximate surface area is 153 Å². The van der Waals surface area contributed by atoms with Gasteiger partial charge in [0.1, 0.15) is 5.75 Å². The molecule has 3 rings (SSSR count). The smallest absolute Gasteiger partial charge is 0.119 e. The van der Waals surface area contributed by atoms with Crippen LogP contribution in [0.1, 0.15) is 24.1 Å². The van der Waals surface area contributed by atoms with Crippen LogP contribution in [0, 0.1) is 0 Å². The van der Waals surface area contributed by atoms with E-state index in [1.165, 1.54) is 33.8 Å². The maximum Gasteiger partial charge on any atom is 0.119 e. The normalized spacial score (nSPS) is 15.6. The first-order chi connectivity index (χ1) is 12.2. The number of hydrogen-bond acceptors (Lipinski definition) is 1. The van der Waals surface area contributed by atoms with Crippen molar-refractivity contribution in [2.24, 2.45) is 0 Å². The summed E-state index contributed by atoms with van der Waals surface area (Å²) in [6.07, 6.45) is 11.8. The first-order valence-electron chi connectivity index (χ1n) is 9.31. The van der Waals surface area contributed by atoms with Crippen molar-refractivity contribution >= 4 is 25.3 Å². The Morgan fingerprint density at radius 3 is 2.84 bits per heavy atom. The summed E-state index contributed by atoms with van der Waals surface area (Å²) in [5, 5.41) is 1.37. The number of benzene rings is 1. The van der Waals surface area contributed by atoms with Gasteiger partial charge in [0.05, 0.1) is 7.11 Å². The van der Waals surface area contributed by atoms with Crippen LogP contribution in [-0.2, 0) is 13.0 Å². The molecule has 1 aliphatic carbocycles. The van der Waals surface area contributed by atoms with Gasteiger partial charge in [0.25, 0.3) is 0 Å². The summed E-state index contributed by atoms with van der Waals surface area (Å²) in [6, 6.07) is 7.88. The molecular weight excluding hydrogens is 322 g/mol. The van der Waals surface area contributed by atoms with Crippen LogP contribution in [0.3, 0.4) is 0 Å². The zero-order chi connectivity index (χ0) is 17.8. The molecule has 0 saturated carbocycles. The lowest BCUT2D eigenvalue weighted by molar-refractivity contribution is 0.415. The Balaban J connectivity index is 2.09. The number of nitrogens with zero attached hydrogens (tertiary/aromatic N) is 1. The highest BCUT2D eigenvalue weighted by Gasteiger charge is 2.25. The fourth-order valence-corrected chi connectivity index (χ4v) is 4.44. The van der Waals surface area contributed by atoms with Crippen LogP contribution in [0.2, 0.25) is 19.1 Å². The highest BCUT2D eigenvalue weighted by Crippen LogP contribution is 2.41. The molecule has 132 valence electrons. The number of aryl methyl sites for hydroxylation is 2. The maximum atomic E-state index is 5.47. The molecule has 0 amide bonds. The van der Waals surface area contributed by atoms with Crippen molar-refractivity contribution < 1.29 is 4.74 Å². The van der Waals surface area contributed by atoms with Gasteiger partial charge in [0.2, 0.25) is 0 Å². The lowest BCUT2D eigenvalue weighted by Gasteiger charge is -2.12. The minimum Gasteiger partial charge on any atom is -0.497 e. The molecule has 25 heavy (non-hydrogen) atoms. The van der Waals surface area contributed by atoms with Crippen LogP contribution in [0.5, 0.6) is 5.75 Å². The first kappa shape index (κ1) is 17.8. The average molecular weight is 352 g/mol. The second kappa shape index (κ2) is 7.92. The minimum absolute atomic E-state index is 0.581. The predicted octanol–water partition coefficient (Wildman–Crippen LogP) is 5.60. The Bertz CT molecular complexity index is 826. The van der Waals surface area contributed by atoms with E-state index in [0.717, 1.165) is 31.6 Å². The Kier molecular flexibility index (Phi) is 5.64. The van der Waals surface area contributed by atoms with Crippen molar-refractivity contribution in [1.82, 2.24) is 4.57 Å². The van der Waals surface area contributed by atoms with Crippen molar-refractivity contribution in [3.8, 4) is 5.75 Å². The summed E-state index contributed by atoms with van der Waals surface area (Å²) in [5.41, 5.74) is 5.79. The fourth-order valence-electron chi connectivity index (χ4n) is 3.67. The van der Waals surface area contributed by atoms with Gasteiger partial charge in [0.15, 0.2) is 0 Å². The molecule has 1 heterocycles. The van der Waals surface area contributed by atoms with E-state index < -0.39 is 8.80 Å². The molecule has 0 radical (unpaired) electrons. The van der Waals surface area contributed by atoms with Gasteiger partial charge in [-0.05, 0) is 54.6 Å². The average Bonchev–Trinajstić information content (AvgIpc) is 3.15. The lowest BCUT2D eigenvalue weighted by Crippen LogP contribution is -2.08. The highest BCUT2D eigenvalue weighted by molar-refractivity contribution is 6.55. The molecule has 1 aromatic heterocycles. The van der Waals surface area contributed by atoms with Crippen molar-refractivity contribution in [2.75, 3.05) is 7.11 Å². The lowest BCUT2D eigenvalue weighted by atomic mass is 10.1. The largest absolute Gasteiger partial charge is 0.497 e. The molecule has 0 N–H and O–H groups in total. The summed E-state index contributed by atoms with van der Waals surface area (Å²) in [4.78, 5) is 0. The standard InChI is InChI=1S/C22H29NOSi/c1-5-6-7-8-9-17-10-12-19-20-16-18(24-2)11-13-21(20)23(22(17)19)14-15-25(3)4/h5,7-9,11,13,16,25H,1,6,10,12,14-15H2,2-4H3. The third kappa shape index (κ3) is 3.66. The zero-order valence-electron chi connectivity index (χ0n) is 15.7. The van der Waals surface area contributed by atoms with Gasteiger partial charge in [-0.15, -0.1) is 6.58 Å². The van der Waals surface area contributed by atoms with Crippen LogP contribution in [0.25, 0.3) is 16.5 Å². The van der Waals surface area contributed by atoms with Gasteiger partial charge in [0, 0.05) is 31.9 Å². The summed E-state index contributed by atoms with van der Waals surface area (Å²) < 4.78 is 8.04. The number of rotatable bonds is 7. The Morgan fingerprint density at radius 1 is 1.28 bits per heavy atom. The first-order valence-corrected chi connectivity index (χ1v) is 12.4. The van der Waals surface area contributed by atoms with E-state index >= 15 is 0 Å². The zero-order valence-corrected chi connectivity index (χ0v) is 16.9. The quantitative estimate of drug-likeness (QED) is 0.468. The molecule has 0 saturated heterocycles. The minimum atomic E-state index is -0.581. The molecule has 3 heteroatoms. The number of methoxy groups -OCH3 is 1. The highest BCUT2D eigenvalue weighted by atomic mass is 28.3. The third-order valence-corrected chi connectivity index (χ3v) is 6.40. The summed E-state index contributed by atoms with van der Waals surface area (Å²) >= 11 is 0. The van der Waals surface area contributed by atoms with Gasteiger partial charge >= 0.3 is 0 Å². The monoisotopic (exact) mass is 351 g/mol. The van der Waals surface area contributed by atoms with Crippen LogP contribution >= 0.6 is 0 Å². The molecule has 0 spiro atoms. The Hall–Kier alpha value is -2.00.